The number of amides is 1. The van der Waals surface area contributed by atoms with Gasteiger partial charge in [0, 0.05) is 13.3 Å². The first-order valence-corrected chi connectivity index (χ1v) is 8.57. The number of ether oxygens (including phenoxy) is 1. The minimum absolute atomic E-state index is 0.00908. The number of methoxy groups -OCH3 is 1. The van der Waals surface area contributed by atoms with E-state index < -0.39 is 5.41 Å². The molecule has 0 aliphatic carbocycles. The Balaban J connectivity index is 1.73. The third-order valence-electron chi connectivity index (χ3n) is 4.25. The lowest BCUT2D eigenvalue weighted by Gasteiger charge is -2.35. The highest BCUT2D eigenvalue weighted by molar-refractivity contribution is 7.19. The Kier molecular flexibility index (Phi) is 5.05. The van der Waals surface area contributed by atoms with Crippen molar-refractivity contribution in [2.24, 2.45) is 5.41 Å². The molecule has 2 heterocycles. The maximum atomic E-state index is 12.8. The highest BCUT2D eigenvalue weighted by atomic mass is 32.1. The molecule has 6 heteroatoms. The van der Waals surface area contributed by atoms with Gasteiger partial charge in [0.2, 0.25) is 5.91 Å². The number of carbonyl (C=O) groups excluding carboxylic acids is 1. The van der Waals surface area contributed by atoms with Crippen molar-refractivity contribution in [3.63, 3.8) is 0 Å². The number of thiazole rings is 1. The van der Waals surface area contributed by atoms with Crippen LogP contribution in [0.25, 0.3) is 10.4 Å². The number of hydrogen-bond acceptors (Lipinski definition) is 5. The Morgan fingerprint density at radius 1 is 1.35 bits per heavy atom. The predicted molar refractivity (Wildman–Crippen MR) is 92.6 cm³/mol. The molecule has 1 saturated heterocycles. The van der Waals surface area contributed by atoms with Crippen LogP contribution in [0.1, 0.15) is 12.8 Å². The molecule has 2 N–H and O–H groups in total. The van der Waals surface area contributed by atoms with E-state index in [0.29, 0.717) is 11.7 Å². The number of nitrogens with zero attached hydrogens (tertiary/aromatic N) is 1. The van der Waals surface area contributed by atoms with Crippen molar-refractivity contribution in [1.29, 1.82) is 0 Å². The summed E-state index contributed by atoms with van der Waals surface area (Å²) in [6, 6.07) is 10.1. The average Bonchev–Trinajstić information content (AvgIpc) is 3.05. The molecule has 0 saturated carbocycles. The van der Waals surface area contributed by atoms with Crippen LogP contribution in [0.4, 0.5) is 5.13 Å². The van der Waals surface area contributed by atoms with Crippen molar-refractivity contribution in [2.75, 3.05) is 32.1 Å². The third kappa shape index (κ3) is 3.60. The van der Waals surface area contributed by atoms with Crippen LogP contribution < -0.4 is 10.6 Å². The molecule has 0 bridgehead atoms. The van der Waals surface area contributed by atoms with E-state index in [2.05, 4.69) is 15.6 Å². The number of hydrogen-bond donors (Lipinski definition) is 2. The lowest BCUT2D eigenvalue weighted by Crippen LogP contribution is -2.47. The minimum atomic E-state index is -0.460. The first-order chi connectivity index (χ1) is 11.2. The average molecular weight is 331 g/mol. The summed E-state index contributed by atoms with van der Waals surface area (Å²) in [6.45, 7) is 2.12. The highest BCUT2D eigenvalue weighted by Gasteiger charge is 2.40. The summed E-state index contributed by atoms with van der Waals surface area (Å²) >= 11 is 1.50. The fourth-order valence-electron chi connectivity index (χ4n) is 2.92. The first-order valence-electron chi connectivity index (χ1n) is 7.76. The molecule has 0 unspecified atom stereocenters. The largest absolute Gasteiger partial charge is 0.384 e. The summed E-state index contributed by atoms with van der Waals surface area (Å²) in [7, 11) is 1.65. The summed E-state index contributed by atoms with van der Waals surface area (Å²) in [5.41, 5.74) is 0.650. The van der Waals surface area contributed by atoms with E-state index in [1.165, 1.54) is 11.3 Å². The second-order valence-electron chi connectivity index (χ2n) is 5.81. The number of piperidine rings is 1. The Morgan fingerprint density at radius 2 is 2.09 bits per heavy atom. The summed E-state index contributed by atoms with van der Waals surface area (Å²) in [6.07, 6.45) is 3.37. The van der Waals surface area contributed by atoms with Gasteiger partial charge in [-0.3, -0.25) is 4.79 Å². The zero-order valence-corrected chi connectivity index (χ0v) is 14.0. The molecule has 122 valence electrons. The Morgan fingerprint density at radius 3 is 2.78 bits per heavy atom. The number of carbonyl (C=O) groups is 1. The van der Waals surface area contributed by atoms with Gasteiger partial charge in [0.15, 0.2) is 5.13 Å². The van der Waals surface area contributed by atoms with Crippen LogP contribution in [0.5, 0.6) is 0 Å². The molecule has 23 heavy (non-hydrogen) atoms. The van der Waals surface area contributed by atoms with Gasteiger partial charge in [-0.1, -0.05) is 41.7 Å². The van der Waals surface area contributed by atoms with Crippen molar-refractivity contribution in [3.05, 3.63) is 36.5 Å². The van der Waals surface area contributed by atoms with Crippen LogP contribution in [-0.2, 0) is 9.53 Å². The van der Waals surface area contributed by atoms with E-state index in [1.807, 2.05) is 30.3 Å². The number of nitrogens with one attached hydrogen (secondary N) is 2. The van der Waals surface area contributed by atoms with E-state index in [1.54, 1.807) is 13.3 Å². The smallest absolute Gasteiger partial charge is 0.234 e. The van der Waals surface area contributed by atoms with Crippen LogP contribution in [0.15, 0.2) is 36.5 Å². The fourth-order valence-corrected chi connectivity index (χ4v) is 3.73. The van der Waals surface area contributed by atoms with Gasteiger partial charge >= 0.3 is 0 Å². The fraction of sp³-hybridized carbons (Fsp3) is 0.412. The molecule has 1 amide bonds. The van der Waals surface area contributed by atoms with Gasteiger partial charge < -0.3 is 15.4 Å². The van der Waals surface area contributed by atoms with Crippen molar-refractivity contribution in [3.8, 4) is 10.4 Å². The summed E-state index contributed by atoms with van der Waals surface area (Å²) in [4.78, 5) is 18.2. The highest BCUT2D eigenvalue weighted by Crippen LogP contribution is 2.33. The molecule has 2 aromatic rings. The van der Waals surface area contributed by atoms with Gasteiger partial charge in [0.05, 0.1) is 16.9 Å². The molecular formula is C17H21N3O2S. The molecule has 3 rings (SSSR count). The number of aromatic nitrogens is 1. The lowest BCUT2D eigenvalue weighted by atomic mass is 9.79. The molecule has 1 aliphatic heterocycles. The van der Waals surface area contributed by atoms with Crippen molar-refractivity contribution >= 4 is 22.4 Å². The second-order valence-corrected chi connectivity index (χ2v) is 6.84. The SMILES string of the molecule is COCC1(C(=O)Nc2ncc(-c3ccccc3)s2)CCNCC1. The molecule has 0 atom stereocenters. The van der Waals surface area contributed by atoms with Gasteiger partial charge in [-0.05, 0) is 31.5 Å². The normalized spacial score (nSPS) is 16.9. The van der Waals surface area contributed by atoms with Gasteiger partial charge in [0.25, 0.3) is 0 Å². The molecule has 0 radical (unpaired) electrons. The van der Waals surface area contributed by atoms with Crippen molar-refractivity contribution < 1.29 is 9.53 Å². The van der Waals surface area contributed by atoms with Crippen LogP contribution in [0.2, 0.25) is 0 Å². The molecule has 0 spiro atoms. The Hall–Kier alpha value is -1.76. The van der Waals surface area contributed by atoms with Gasteiger partial charge in [0.1, 0.15) is 0 Å². The van der Waals surface area contributed by atoms with E-state index in [0.717, 1.165) is 36.4 Å². The minimum Gasteiger partial charge on any atom is -0.384 e. The maximum absolute atomic E-state index is 12.8. The monoisotopic (exact) mass is 331 g/mol. The molecule has 1 aromatic carbocycles. The number of anilines is 1. The van der Waals surface area contributed by atoms with Gasteiger partial charge in [-0.2, -0.15) is 0 Å². The summed E-state index contributed by atoms with van der Waals surface area (Å²) < 4.78 is 5.31. The van der Waals surface area contributed by atoms with Crippen molar-refractivity contribution in [2.45, 2.75) is 12.8 Å². The van der Waals surface area contributed by atoms with E-state index in [4.69, 9.17) is 4.74 Å². The zero-order chi connectivity index (χ0) is 16.1. The lowest BCUT2D eigenvalue weighted by molar-refractivity contribution is -0.130. The quantitative estimate of drug-likeness (QED) is 0.884. The molecule has 1 aliphatic rings. The van der Waals surface area contributed by atoms with Gasteiger partial charge in [-0.25, -0.2) is 4.98 Å². The molecule has 1 fully saturated rings. The second kappa shape index (κ2) is 7.21. The van der Waals surface area contributed by atoms with Crippen LogP contribution in [0, 0.1) is 5.41 Å². The van der Waals surface area contributed by atoms with Crippen molar-refractivity contribution in [1.82, 2.24) is 10.3 Å². The van der Waals surface area contributed by atoms with Gasteiger partial charge in [-0.15, -0.1) is 0 Å². The standard InChI is InChI=1S/C17H21N3O2S/c1-22-12-17(7-9-18-10-8-17)15(21)20-16-19-11-14(23-16)13-5-3-2-4-6-13/h2-6,11,18H,7-10,12H2,1H3,(H,19,20,21). The van der Waals surface area contributed by atoms with Crippen LogP contribution >= 0.6 is 11.3 Å². The maximum Gasteiger partial charge on any atom is 0.234 e. The van der Waals surface area contributed by atoms with E-state index in [-0.39, 0.29) is 5.91 Å². The summed E-state index contributed by atoms with van der Waals surface area (Å²) in [5.74, 6) is 0.00908. The summed E-state index contributed by atoms with van der Waals surface area (Å²) in [5, 5.41) is 6.92. The Labute approximate surface area is 140 Å². The van der Waals surface area contributed by atoms with Crippen LogP contribution in [0.3, 0.4) is 0 Å². The number of rotatable bonds is 5. The topological polar surface area (TPSA) is 63.2 Å². The Bertz CT molecular complexity index is 645. The molecular weight excluding hydrogens is 310 g/mol. The molecule has 1 aromatic heterocycles. The first kappa shape index (κ1) is 16.1. The third-order valence-corrected chi connectivity index (χ3v) is 5.21. The number of benzene rings is 1. The van der Waals surface area contributed by atoms with E-state index in [9.17, 15) is 4.79 Å². The van der Waals surface area contributed by atoms with E-state index >= 15 is 0 Å². The molecule has 5 nitrogen and oxygen atoms in total. The van der Waals surface area contributed by atoms with Crippen LogP contribution in [-0.4, -0.2) is 37.7 Å². The zero-order valence-electron chi connectivity index (χ0n) is 13.2. The predicted octanol–water partition coefficient (Wildman–Crippen LogP) is 2.76.